The summed E-state index contributed by atoms with van der Waals surface area (Å²) in [6.07, 6.45) is 8.08. The van der Waals surface area contributed by atoms with Crippen molar-refractivity contribution >= 4 is 0 Å². The second-order valence-electron chi connectivity index (χ2n) is 14.9. The van der Waals surface area contributed by atoms with Gasteiger partial charge in [-0.15, -0.1) is 0 Å². The van der Waals surface area contributed by atoms with Crippen molar-refractivity contribution in [1.82, 2.24) is 0 Å². The Bertz CT molecular complexity index is 874. The summed E-state index contributed by atoms with van der Waals surface area (Å²) in [5.41, 5.74) is 0.740. The molecule has 11 atom stereocenters. The number of aliphatic hydroxyl groups excluding tert-OH is 3. The van der Waals surface area contributed by atoms with Gasteiger partial charge in [0, 0.05) is 5.92 Å². The average molecular weight is 491 g/mol. The second-order valence-corrected chi connectivity index (χ2v) is 14.9. The van der Waals surface area contributed by atoms with Crippen LogP contribution < -0.4 is 0 Å². The molecule has 4 aliphatic carbocycles. The molecule has 5 heteroatoms. The molecule has 0 unspecified atom stereocenters. The summed E-state index contributed by atoms with van der Waals surface area (Å²) in [6.45, 7) is 15.2. The third kappa shape index (κ3) is 3.51. The first-order valence-corrected chi connectivity index (χ1v) is 14.2. The quantitative estimate of drug-likeness (QED) is 0.427. The van der Waals surface area contributed by atoms with E-state index in [4.69, 9.17) is 4.74 Å². The van der Waals surface area contributed by atoms with Gasteiger partial charge < -0.3 is 25.2 Å². The predicted molar refractivity (Wildman–Crippen MR) is 136 cm³/mol. The van der Waals surface area contributed by atoms with Crippen LogP contribution in [-0.4, -0.2) is 50.6 Å². The van der Waals surface area contributed by atoms with Gasteiger partial charge in [0.2, 0.25) is 0 Å². The minimum atomic E-state index is -1.26. The van der Waals surface area contributed by atoms with E-state index in [-0.39, 0.29) is 33.7 Å². The van der Waals surface area contributed by atoms with Crippen molar-refractivity contribution in [3.8, 4) is 0 Å². The Morgan fingerprint density at radius 2 is 1.69 bits per heavy atom. The minimum Gasteiger partial charge on any atom is -0.393 e. The van der Waals surface area contributed by atoms with E-state index in [9.17, 15) is 20.4 Å². The van der Waals surface area contributed by atoms with Crippen LogP contribution in [0.25, 0.3) is 0 Å². The van der Waals surface area contributed by atoms with Crippen molar-refractivity contribution in [2.24, 2.45) is 45.3 Å². The first-order chi connectivity index (χ1) is 16.1. The standard InChI is InChI=1S/C30H50O5/c1-26(2)22-9-8-20-19(28(22,5)13-12-23(26)31)11-15-29(6)18(10-14-30(20,29)7)17-16-21(35-25(17)33)24(32)27(3,4)34/h8,17-19,21-25,31-34H,9-16H2,1-7H3/t17-,18-,19+,21+,22-,23-,24-,25+,28+,29-,30+/m0/s1. The third-order valence-electron chi connectivity index (χ3n) is 12.7. The molecular weight excluding hydrogens is 440 g/mol. The van der Waals surface area contributed by atoms with Gasteiger partial charge in [0.05, 0.1) is 17.8 Å². The predicted octanol–water partition coefficient (Wildman–Crippen LogP) is 4.81. The molecule has 35 heavy (non-hydrogen) atoms. The van der Waals surface area contributed by atoms with Gasteiger partial charge in [-0.1, -0.05) is 46.3 Å². The summed E-state index contributed by atoms with van der Waals surface area (Å²) < 4.78 is 5.87. The van der Waals surface area contributed by atoms with Gasteiger partial charge in [0.1, 0.15) is 6.10 Å². The van der Waals surface area contributed by atoms with E-state index in [0.717, 1.165) is 38.5 Å². The maximum absolute atomic E-state index is 11.0. The SMILES string of the molecule is CC(C)(O)[C@@H](O)[C@H]1C[C@@H]([C@@H]2CC[C@]3(C)C4=CC[C@H]5C(C)(C)[C@@H](O)CC[C@]5(C)[C@@H]4CC[C@@]23C)[C@H](O)O1. The zero-order valence-corrected chi connectivity index (χ0v) is 23.1. The molecule has 0 amide bonds. The summed E-state index contributed by atoms with van der Waals surface area (Å²) in [5, 5.41) is 42.8. The number of fused-ring (bicyclic) bond motifs is 5. The lowest BCUT2D eigenvalue weighted by atomic mass is 9.41. The van der Waals surface area contributed by atoms with Crippen LogP contribution in [-0.2, 0) is 4.74 Å². The monoisotopic (exact) mass is 490 g/mol. The van der Waals surface area contributed by atoms with E-state index in [1.807, 2.05) is 0 Å². The lowest BCUT2D eigenvalue weighted by Crippen LogP contribution is -2.58. The molecular formula is C30H50O5. The van der Waals surface area contributed by atoms with E-state index < -0.39 is 24.1 Å². The fraction of sp³-hybridized carbons (Fsp3) is 0.933. The molecule has 5 nitrogen and oxygen atoms in total. The summed E-state index contributed by atoms with van der Waals surface area (Å²) in [7, 11) is 0. The number of rotatable bonds is 3. The minimum absolute atomic E-state index is 0.0170. The molecule has 0 spiro atoms. The molecule has 5 rings (SSSR count). The maximum atomic E-state index is 11.0. The molecule has 0 bridgehead atoms. The van der Waals surface area contributed by atoms with Gasteiger partial charge in [0.15, 0.2) is 6.29 Å². The normalized spacial score (nSPS) is 52.3. The number of allylic oxidation sites excluding steroid dienone is 2. The fourth-order valence-electron chi connectivity index (χ4n) is 10.2. The average Bonchev–Trinajstić information content (AvgIpc) is 3.26. The van der Waals surface area contributed by atoms with Crippen molar-refractivity contribution < 1.29 is 25.2 Å². The van der Waals surface area contributed by atoms with E-state index in [1.165, 1.54) is 6.42 Å². The molecule has 4 fully saturated rings. The lowest BCUT2D eigenvalue weighted by Gasteiger charge is -2.64. The molecule has 0 aromatic carbocycles. The number of hydrogen-bond donors (Lipinski definition) is 4. The maximum Gasteiger partial charge on any atom is 0.158 e. The second kappa shape index (κ2) is 8.02. The molecule has 0 aromatic heterocycles. The van der Waals surface area contributed by atoms with Crippen LogP contribution in [0.5, 0.6) is 0 Å². The Labute approximate surface area is 212 Å². The largest absolute Gasteiger partial charge is 0.393 e. The highest BCUT2D eigenvalue weighted by Gasteiger charge is 2.66. The van der Waals surface area contributed by atoms with Crippen molar-refractivity contribution in [2.75, 3.05) is 0 Å². The molecule has 5 aliphatic rings. The van der Waals surface area contributed by atoms with Crippen LogP contribution in [0.1, 0.15) is 99.8 Å². The topological polar surface area (TPSA) is 90.2 Å². The highest BCUT2D eigenvalue weighted by molar-refractivity contribution is 5.33. The van der Waals surface area contributed by atoms with E-state index >= 15 is 0 Å². The van der Waals surface area contributed by atoms with Gasteiger partial charge in [-0.05, 0) is 105 Å². The highest BCUT2D eigenvalue weighted by atomic mass is 16.6. The van der Waals surface area contributed by atoms with Crippen LogP contribution in [0, 0.1) is 45.3 Å². The van der Waals surface area contributed by atoms with Crippen molar-refractivity contribution in [3.63, 3.8) is 0 Å². The van der Waals surface area contributed by atoms with Gasteiger partial charge in [-0.2, -0.15) is 0 Å². The Morgan fingerprint density at radius 3 is 2.34 bits per heavy atom. The Hall–Kier alpha value is -0.460. The Balaban J connectivity index is 1.44. The number of hydrogen-bond acceptors (Lipinski definition) is 5. The highest BCUT2D eigenvalue weighted by Crippen LogP contribution is 2.73. The molecule has 3 saturated carbocycles. The molecule has 1 heterocycles. The van der Waals surface area contributed by atoms with E-state index in [0.29, 0.717) is 24.2 Å². The van der Waals surface area contributed by atoms with E-state index in [2.05, 4.69) is 40.7 Å². The Morgan fingerprint density at radius 1 is 1.00 bits per heavy atom. The molecule has 1 saturated heterocycles. The van der Waals surface area contributed by atoms with Crippen molar-refractivity contribution in [1.29, 1.82) is 0 Å². The first-order valence-electron chi connectivity index (χ1n) is 14.2. The van der Waals surface area contributed by atoms with Crippen molar-refractivity contribution in [3.05, 3.63) is 11.6 Å². The number of aliphatic hydroxyl groups is 4. The van der Waals surface area contributed by atoms with E-state index in [1.54, 1.807) is 19.4 Å². The summed E-state index contributed by atoms with van der Waals surface area (Å²) >= 11 is 0. The first kappa shape index (κ1) is 26.2. The number of ether oxygens (including phenoxy) is 1. The molecule has 200 valence electrons. The fourth-order valence-corrected chi connectivity index (χ4v) is 10.2. The zero-order chi connectivity index (χ0) is 25.8. The van der Waals surface area contributed by atoms with Crippen LogP contribution >= 0.6 is 0 Å². The van der Waals surface area contributed by atoms with Gasteiger partial charge in [0.25, 0.3) is 0 Å². The summed E-state index contributed by atoms with van der Waals surface area (Å²) in [6, 6.07) is 0. The third-order valence-corrected chi connectivity index (χ3v) is 12.7. The van der Waals surface area contributed by atoms with Crippen LogP contribution in [0.15, 0.2) is 11.6 Å². The zero-order valence-electron chi connectivity index (χ0n) is 23.1. The van der Waals surface area contributed by atoms with Gasteiger partial charge >= 0.3 is 0 Å². The summed E-state index contributed by atoms with van der Waals surface area (Å²) in [4.78, 5) is 0. The molecule has 0 aromatic rings. The molecule has 4 N–H and O–H groups in total. The van der Waals surface area contributed by atoms with Crippen LogP contribution in [0.3, 0.4) is 0 Å². The van der Waals surface area contributed by atoms with Crippen LogP contribution in [0.2, 0.25) is 0 Å². The van der Waals surface area contributed by atoms with Gasteiger partial charge in [-0.3, -0.25) is 0 Å². The molecule has 0 radical (unpaired) electrons. The smallest absolute Gasteiger partial charge is 0.158 e. The lowest BCUT2D eigenvalue weighted by molar-refractivity contribution is -0.173. The molecule has 1 aliphatic heterocycles. The van der Waals surface area contributed by atoms with Crippen molar-refractivity contribution in [2.45, 2.75) is 130 Å². The van der Waals surface area contributed by atoms with Crippen LogP contribution in [0.4, 0.5) is 0 Å². The van der Waals surface area contributed by atoms with Gasteiger partial charge in [-0.25, -0.2) is 0 Å². The Kier molecular flexibility index (Phi) is 6.00. The summed E-state index contributed by atoms with van der Waals surface area (Å²) in [5.74, 6) is 1.39.